The van der Waals surface area contributed by atoms with E-state index >= 15 is 0 Å². The molecule has 0 spiro atoms. The summed E-state index contributed by atoms with van der Waals surface area (Å²) in [6, 6.07) is 6.38. The highest BCUT2D eigenvalue weighted by Gasteiger charge is 2.19. The van der Waals surface area contributed by atoms with Crippen LogP contribution in [0.2, 0.25) is 0 Å². The molecule has 1 saturated carbocycles. The van der Waals surface area contributed by atoms with E-state index in [1.165, 1.54) is 32.1 Å². The molecule has 0 bridgehead atoms. The van der Waals surface area contributed by atoms with E-state index in [1.54, 1.807) is 0 Å². The molecule has 1 fully saturated rings. The van der Waals surface area contributed by atoms with E-state index < -0.39 is 7.82 Å². The lowest BCUT2D eigenvalue weighted by Gasteiger charge is -2.22. The number of anilines is 1. The number of aryl methyl sites for hydroxylation is 2. The van der Waals surface area contributed by atoms with Gasteiger partial charge in [-0.1, -0.05) is 19.3 Å². The molecule has 0 unspecified atom stereocenters. The van der Waals surface area contributed by atoms with Crippen LogP contribution < -0.4 is 10.1 Å². The minimum Gasteiger partial charge on any atom is -0.494 e. The van der Waals surface area contributed by atoms with Gasteiger partial charge in [0.1, 0.15) is 5.75 Å². The van der Waals surface area contributed by atoms with E-state index in [4.69, 9.17) is 24.0 Å². The number of nitrogens with one attached hydrogen (secondary N) is 1. The molecule has 0 atom stereocenters. The van der Waals surface area contributed by atoms with Crippen LogP contribution in [-0.2, 0) is 22.2 Å². The van der Waals surface area contributed by atoms with Crippen LogP contribution >= 0.6 is 7.82 Å². The van der Waals surface area contributed by atoms with E-state index in [2.05, 4.69) is 25.5 Å². The summed E-state index contributed by atoms with van der Waals surface area (Å²) in [5.41, 5.74) is 2.06. The average molecular weight is 467 g/mol. The van der Waals surface area contributed by atoms with Crippen molar-refractivity contribution in [3.8, 4) is 5.75 Å². The van der Waals surface area contributed by atoms with Crippen LogP contribution in [0.5, 0.6) is 5.75 Å². The zero-order valence-corrected chi connectivity index (χ0v) is 18.8. The Morgan fingerprint density at radius 1 is 1.12 bits per heavy atom. The minimum atomic E-state index is -4.64. The summed E-state index contributed by atoms with van der Waals surface area (Å²) in [4.78, 5) is 33.0. The summed E-state index contributed by atoms with van der Waals surface area (Å²) < 4.78 is 16.8. The number of rotatable bonds is 7. The zero-order chi connectivity index (χ0) is 23.0. The molecule has 1 aromatic carbocycles. The lowest BCUT2D eigenvalue weighted by molar-refractivity contribution is -0.116. The number of tetrazole rings is 1. The van der Waals surface area contributed by atoms with Gasteiger partial charge in [-0.05, 0) is 66.3 Å². The third kappa shape index (κ3) is 7.98. The molecular weight excluding hydrogens is 437 g/mol. The first-order valence-corrected chi connectivity index (χ1v) is 12.5. The number of aromatic nitrogens is 4. The molecule has 1 aromatic heterocycles. The van der Waals surface area contributed by atoms with Gasteiger partial charge in [0.05, 0.1) is 12.6 Å². The highest BCUT2D eigenvalue weighted by atomic mass is 31.2. The molecule has 4 rings (SSSR count). The number of hydrogen-bond donors (Lipinski definition) is 4. The molecule has 2 heterocycles. The van der Waals surface area contributed by atoms with Crippen LogP contribution in [0.25, 0.3) is 0 Å². The predicted molar refractivity (Wildman–Crippen MR) is 116 cm³/mol. The topological polar surface area (TPSA) is 160 Å². The summed E-state index contributed by atoms with van der Waals surface area (Å²) in [5.74, 6) is 1.97. The number of unbranched alkanes of at least 4 members (excludes halogenated alkanes) is 1. The average Bonchev–Trinajstić information content (AvgIpc) is 3.21. The van der Waals surface area contributed by atoms with Gasteiger partial charge in [-0.2, -0.15) is 0 Å². The van der Waals surface area contributed by atoms with E-state index in [9.17, 15) is 4.79 Å². The molecule has 4 N–H and O–H groups in total. The Hall–Kier alpha value is -2.33. The summed E-state index contributed by atoms with van der Waals surface area (Å²) in [5, 5.41) is 15.2. The van der Waals surface area contributed by atoms with Crippen LogP contribution in [0, 0.1) is 0 Å². The monoisotopic (exact) mass is 467 g/mol. The lowest BCUT2D eigenvalue weighted by Crippen LogP contribution is -2.18. The third-order valence-electron chi connectivity index (χ3n) is 5.52. The maximum Gasteiger partial charge on any atom is 0.466 e. The fourth-order valence-corrected chi connectivity index (χ4v) is 4.01. The van der Waals surface area contributed by atoms with E-state index in [0.717, 1.165) is 48.5 Å². The Labute approximate surface area is 186 Å². The third-order valence-corrected chi connectivity index (χ3v) is 5.52. The van der Waals surface area contributed by atoms with Gasteiger partial charge in [-0.3, -0.25) is 4.79 Å². The van der Waals surface area contributed by atoms with Crippen LogP contribution in [0.4, 0.5) is 5.69 Å². The number of carbonyl (C=O) groups excluding carboxylic acids is 1. The molecule has 0 radical (unpaired) electrons. The molecule has 0 saturated heterocycles. The van der Waals surface area contributed by atoms with E-state index in [1.807, 2.05) is 18.2 Å². The maximum absolute atomic E-state index is 11.4. The Balaban J connectivity index is 0.000000523. The number of hydrogen-bond acceptors (Lipinski definition) is 6. The minimum absolute atomic E-state index is 0.0896. The zero-order valence-electron chi connectivity index (χ0n) is 17.9. The van der Waals surface area contributed by atoms with Gasteiger partial charge in [-0.25, -0.2) is 9.25 Å². The van der Waals surface area contributed by atoms with Gasteiger partial charge < -0.3 is 24.7 Å². The number of phosphoric acid groups is 1. The van der Waals surface area contributed by atoms with Crippen LogP contribution in [0.15, 0.2) is 18.2 Å². The number of fused-ring (bicyclic) bond motifs is 1. The molecule has 2 aliphatic rings. The first-order valence-electron chi connectivity index (χ1n) is 10.9. The van der Waals surface area contributed by atoms with Crippen molar-refractivity contribution in [2.24, 2.45) is 0 Å². The molecule has 1 amide bonds. The standard InChI is InChI=1S/C20H27N5O2.H3O4P/c26-20-12-9-15-14-17(10-11-18(15)21-20)27-13-5-4-8-19-22-23-24-25(19)16-6-2-1-3-7-16;1-5(2,3)4/h10-11,14,16H,1-9,12-13H2,(H,21,26);(H3,1,2,3,4). The fraction of sp³-hybridized carbons (Fsp3) is 0.600. The number of benzene rings is 1. The lowest BCUT2D eigenvalue weighted by atomic mass is 9.95. The molecular formula is C20H30N5O6P. The second kappa shape index (κ2) is 11.5. The summed E-state index contributed by atoms with van der Waals surface area (Å²) in [6.45, 7) is 0.677. The van der Waals surface area contributed by atoms with Gasteiger partial charge in [0.25, 0.3) is 0 Å². The summed E-state index contributed by atoms with van der Waals surface area (Å²) >= 11 is 0. The second-order valence-electron chi connectivity index (χ2n) is 8.02. The van der Waals surface area contributed by atoms with Gasteiger partial charge in [0.15, 0.2) is 5.82 Å². The molecule has 1 aliphatic heterocycles. The van der Waals surface area contributed by atoms with Crippen LogP contribution in [0.1, 0.15) is 68.8 Å². The Bertz CT molecular complexity index is 932. The first kappa shape index (κ1) is 24.3. The Morgan fingerprint density at radius 3 is 2.62 bits per heavy atom. The summed E-state index contributed by atoms with van der Waals surface area (Å²) in [6.07, 6.45) is 10.5. The number of carbonyl (C=O) groups is 1. The predicted octanol–water partition coefficient (Wildman–Crippen LogP) is 2.54. The van der Waals surface area contributed by atoms with Crippen molar-refractivity contribution < 1.29 is 28.8 Å². The highest BCUT2D eigenvalue weighted by Crippen LogP contribution is 2.29. The van der Waals surface area contributed by atoms with E-state index in [0.29, 0.717) is 19.1 Å². The SMILES string of the molecule is O=C1CCc2cc(OCCCCc3nnnn3C3CCCCC3)ccc2N1.O=P(O)(O)O. The number of ether oxygens (including phenoxy) is 1. The summed E-state index contributed by atoms with van der Waals surface area (Å²) in [7, 11) is -4.64. The van der Waals surface area contributed by atoms with Crippen molar-refractivity contribution in [2.45, 2.75) is 70.3 Å². The first-order chi connectivity index (χ1) is 15.3. The van der Waals surface area contributed by atoms with Crippen LogP contribution in [-0.4, -0.2) is 47.4 Å². The molecule has 12 heteroatoms. The van der Waals surface area contributed by atoms with Crippen molar-refractivity contribution in [1.82, 2.24) is 20.2 Å². The largest absolute Gasteiger partial charge is 0.494 e. The molecule has 2 aromatic rings. The van der Waals surface area contributed by atoms with E-state index in [-0.39, 0.29) is 5.91 Å². The Morgan fingerprint density at radius 2 is 1.88 bits per heavy atom. The fourth-order valence-electron chi connectivity index (χ4n) is 4.01. The number of nitrogens with zero attached hydrogens (tertiary/aromatic N) is 4. The van der Waals surface area contributed by atoms with Gasteiger partial charge in [0.2, 0.25) is 5.91 Å². The van der Waals surface area contributed by atoms with Crippen molar-refractivity contribution in [3.63, 3.8) is 0 Å². The second-order valence-corrected chi connectivity index (χ2v) is 9.04. The van der Waals surface area contributed by atoms with Gasteiger partial charge >= 0.3 is 7.82 Å². The van der Waals surface area contributed by atoms with Gasteiger partial charge in [-0.15, -0.1) is 5.10 Å². The van der Waals surface area contributed by atoms with Gasteiger partial charge in [0, 0.05) is 18.5 Å². The molecule has 32 heavy (non-hydrogen) atoms. The quantitative estimate of drug-likeness (QED) is 0.354. The maximum atomic E-state index is 11.4. The van der Waals surface area contributed by atoms with Crippen molar-refractivity contribution in [1.29, 1.82) is 0 Å². The molecule has 1 aliphatic carbocycles. The smallest absolute Gasteiger partial charge is 0.466 e. The van der Waals surface area contributed by atoms with Crippen molar-refractivity contribution in [3.05, 3.63) is 29.6 Å². The van der Waals surface area contributed by atoms with Crippen molar-refractivity contribution >= 4 is 19.4 Å². The Kier molecular flexibility index (Phi) is 8.75. The normalized spacial score (nSPS) is 16.5. The van der Waals surface area contributed by atoms with Crippen molar-refractivity contribution in [2.75, 3.05) is 11.9 Å². The molecule has 176 valence electrons. The molecule has 11 nitrogen and oxygen atoms in total. The highest BCUT2D eigenvalue weighted by molar-refractivity contribution is 7.45. The van der Waals surface area contributed by atoms with Crippen LogP contribution in [0.3, 0.4) is 0 Å². The number of amides is 1.